The molecule has 1 aromatic carbocycles. The van der Waals surface area contributed by atoms with Crippen LogP contribution in [0.5, 0.6) is 0 Å². The topological polar surface area (TPSA) is 88.2 Å². The first-order chi connectivity index (χ1) is 15.4. The fraction of sp³-hybridized carbons (Fsp3) is 0.682. The van der Waals surface area contributed by atoms with Gasteiger partial charge in [-0.05, 0) is 43.2 Å². The third kappa shape index (κ3) is 5.48. The van der Waals surface area contributed by atoms with Crippen LogP contribution in [0.15, 0.2) is 29.2 Å². The predicted molar refractivity (Wildman–Crippen MR) is 124 cm³/mol. The average Bonchev–Trinajstić information content (AvgIpc) is 3.27. The molecule has 3 heterocycles. The van der Waals surface area contributed by atoms with E-state index in [1.54, 1.807) is 11.8 Å². The zero-order valence-electron chi connectivity index (χ0n) is 18.6. The largest absolute Gasteiger partial charge is 0.355 e. The maximum atomic E-state index is 13.2. The molecule has 0 bridgehead atoms. The highest BCUT2D eigenvalue weighted by atomic mass is 32.2. The summed E-state index contributed by atoms with van der Waals surface area (Å²) < 4.78 is 40.8. The summed E-state index contributed by atoms with van der Waals surface area (Å²) in [5.41, 5.74) is 1.18. The van der Waals surface area contributed by atoms with Gasteiger partial charge in [-0.3, -0.25) is 4.79 Å². The Kier molecular flexibility index (Phi) is 7.79. The van der Waals surface area contributed by atoms with Crippen LogP contribution in [0.25, 0.3) is 0 Å². The van der Waals surface area contributed by atoms with Gasteiger partial charge in [-0.15, -0.1) is 11.8 Å². The standard InChI is InChI=1S/C22H33N3O5S2/c1-31-20-6-4-18(5-7-20)8-11-23-21(26)19-3-2-12-25(17-19)32(27,28)24-13-9-22(10-14-24)29-15-16-30-22/h4-7,19H,2-3,8-17H2,1H3,(H,23,26)/t19-/m0/s1. The molecule has 32 heavy (non-hydrogen) atoms. The number of amides is 1. The second-order valence-corrected chi connectivity index (χ2v) is 11.4. The fourth-order valence-electron chi connectivity index (χ4n) is 4.64. The molecule has 3 fully saturated rings. The van der Waals surface area contributed by atoms with Crippen molar-refractivity contribution in [2.24, 2.45) is 5.92 Å². The van der Waals surface area contributed by atoms with Crippen molar-refractivity contribution in [3.8, 4) is 0 Å². The Labute approximate surface area is 195 Å². The molecule has 0 saturated carbocycles. The summed E-state index contributed by atoms with van der Waals surface area (Å²) in [5, 5.41) is 3.00. The highest BCUT2D eigenvalue weighted by Gasteiger charge is 2.44. The smallest absolute Gasteiger partial charge is 0.282 e. The highest BCUT2D eigenvalue weighted by molar-refractivity contribution is 7.98. The van der Waals surface area contributed by atoms with Crippen LogP contribution in [0, 0.1) is 5.92 Å². The second-order valence-electron chi connectivity index (χ2n) is 8.60. The van der Waals surface area contributed by atoms with Crippen molar-refractivity contribution in [3.05, 3.63) is 29.8 Å². The molecule has 4 rings (SSSR count). The van der Waals surface area contributed by atoms with Gasteiger partial charge in [0, 0.05) is 50.5 Å². The molecule has 3 saturated heterocycles. The molecule has 3 aliphatic heterocycles. The molecule has 10 heteroatoms. The van der Waals surface area contributed by atoms with Crippen molar-refractivity contribution in [1.29, 1.82) is 0 Å². The lowest BCUT2D eigenvalue weighted by Crippen LogP contribution is -2.54. The van der Waals surface area contributed by atoms with Crippen LogP contribution in [0.3, 0.4) is 0 Å². The molecule has 1 atom stereocenters. The Morgan fingerprint density at radius 2 is 1.81 bits per heavy atom. The molecule has 0 unspecified atom stereocenters. The summed E-state index contributed by atoms with van der Waals surface area (Å²) >= 11 is 1.70. The van der Waals surface area contributed by atoms with Crippen LogP contribution >= 0.6 is 11.8 Å². The maximum Gasteiger partial charge on any atom is 0.282 e. The molecule has 0 aliphatic carbocycles. The first kappa shape index (κ1) is 24.0. The molecule has 0 radical (unpaired) electrons. The van der Waals surface area contributed by atoms with E-state index in [0.29, 0.717) is 65.1 Å². The Balaban J connectivity index is 1.26. The van der Waals surface area contributed by atoms with E-state index in [1.165, 1.54) is 19.1 Å². The van der Waals surface area contributed by atoms with Crippen molar-refractivity contribution in [2.75, 3.05) is 52.2 Å². The number of nitrogens with zero attached hydrogens (tertiary/aromatic N) is 2. The van der Waals surface area contributed by atoms with Gasteiger partial charge in [0.15, 0.2) is 5.79 Å². The molecular weight excluding hydrogens is 450 g/mol. The van der Waals surface area contributed by atoms with Gasteiger partial charge in [0.05, 0.1) is 19.1 Å². The van der Waals surface area contributed by atoms with Gasteiger partial charge in [-0.2, -0.15) is 17.0 Å². The molecule has 3 aliphatic rings. The van der Waals surface area contributed by atoms with Crippen molar-refractivity contribution >= 4 is 27.9 Å². The fourth-order valence-corrected chi connectivity index (χ4v) is 6.75. The van der Waals surface area contributed by atoms with E-state index in [9.17, 15) is 13.2 Å². The van der Waals surface area contributed by atoms with Crippen LogP contribution < -0.4 is 5.32 Å². The number of carbonyl (C=O) groups excluding carboxylic acids is 1. The second kappa shape index (κ2) is 10.4. The molecule has 1 spiro atoms. The molecule has 1 N–H and O–H groups in total. The zero-order chi connectivity index (χ0) is 22.6. The zero-order valence-corrected chi connectivity index (χ0v) is 20.3. The van der Waals surface area contributed by atoms with Crippen LogP contribution in [0.4, 0.5) is 0 Å². The minimum atomic E-state index is -3.59. The number of benzene rings is 1. The normalized spacial score (nSPS) is 24.6. The molecule has 0 aromatic heterocycles. The van der Waals surface area contributed by atoms with Crippen LogP contribution in [-0.4, -0.2) is 80.9 Å². The lowest BCUT2D eigenvalue weighted by atomic mass is 9.99. The quantitative estimate of drug-likeness (QED) is 0.596. The van der Waals surface area contributed by atoms with Crippen LogP contribution in [0.1, 0.15) is 31.2 Å². The van der Waals surface area contributed by atoms with Gasteiger partial charge in [0.2, 0.25) is 5.91 Å². The molecule has 178 valence electrons. The van der Waals surface area contributed by atoms with E-state index in [2.05, 4.69) is 29.6 Å². The number of piperidine rings is 2. The van der Waals surface area contributed by atoms with Gasteiger partial charge in [0.25, 0.3) is 10.2 Å². The number of hydrogen-bond acceptors (Lipinski definition) is 6. The summed E-state index contributed by atoms with van der Waals surface area (Å²) in [5.74, 6) is -0.975. The lowest BCUT2D eigenvalue weighted by molar-refractivity contribution is -0.179. The first-order valence-corrected chi connectivity index (χ1v) is 14.0. The Morgan fingerprint density at radius 3 is 2.47 bits per heavy atom. The van der Waals surface area contributed by atoms with Gasteiger partial charge < -0.3 is 14.8 Å². The Hall–Kier alpha value is -1.17. The number of carbonyl (C=O) groups is 1. The Bertz CT molecular complexity index is 877. The number of thioether (sulfide) groups is 1. The molecule has 1 amide bonds. The van der Waals surface area contributed by atoms with E-state index in [1.807, 2.05) is 6.26 Å². The number of hydrogen-bond donors (Lipinski definition) is 1. The third-order valence-electron chi connectivity index (χ3n) is 6.58. The predicted octanol–water partition coefficient (Wildman–Crippen LogP) is 1.86. The SMILES string of the molecule is CSc1ccc(CCNC(=O)[C@H]2CCCN(S(=O)(=O)N3CCC4(CC3)OCCO4)C2)cc1. The van der Waals surface area contributed by atoms with E-state index in [4.69, 9.17) is 9.47 Å². The summed E-state index contributed by atoms with van der Waals surface area (Å²) in [4.78, 5) is 13.9. The van der Waals surface area contributed by atoms with Gasteiger partial charge in [0.1, 0.15) is 0 Å². The van der Waals surface area contributed by atoms with Gasteiger partial charge in [-0.1, -0.05) is 12.1 Å². The van der Waals surface area contributed by atoms with E-state index in [-0.39, 0.29) is 18.4 Å². The lowest BCUT2D eigenvalue weighted by Gasteiger charge is -2.40. The molecular formula is C22H33N3O5S2. The van der Waals surface area contributed by atoms with Gasteiger partial charge >= 0.3 is 0 Å². The van der Waals surface area contributed by atoms with Crippen molar-refractivity contribution in [1.82, 2.24) is 13.9 Å². The maximum absolute atomic E-state index is 13.2. The third-order valence-corrected chi connectivity index (χ3v) is 9.32. The molecule has 8 nitrogen and oxygen atoms in total. The van der Waals surface area contributed by atoms with Crippen molar-refractivity contribution in [2.45, 2.75) is 42.8 Å². The number of ether oxygens (including phenoxy) is 2. The summed E-state index contributed by atoms with van der Waals surface area (Å²) in [6, 6.07) is 8.33. The average molecular weight is 484 g/mol. The van der Waals surface area contributed by atoms with Gasteiger partial charge in [-0.25, -0.2) is 0 Å². The minimum Gasteiger partial charge on any atom is -0.355 e. The van der Waals surface area contributed by atoms with Crippen LogP contribution in [-0.2, 0) is 30.9 Å². The first-order valence-electron chi connectivity index (χ1n) is 11.4. The number of nitrogens with one attached hydrogen (secondary N) is 1. The van der Waals surface area contributed by atoms with Crippen molar-refractivity contribution < 1.29 is 22.7 Å². The minimum absolute atomic E-state index is 0.0593. The van der Waals surface area contributed by atoms with E-state index < -0.39 is 16.0 Å². The summed E-state index contributed by atoms with van der Waals surface area (Å²) in [7, 11) is -3.59. The van der Waals surface area contributed by atoms with E-state index in [0.717, 1.165) is 6.42 Å². The molecule has 1 aromatic rings. The number of rotatable bonds is 7. The summed E-state index contributed by atoms with van der Waals surface area (Å²) in [6.45, 7) is 3.15. The Morgan fingerprint density at radius 1 is 1.12 bits per heavy atom. The monoisotopic (exact) mass is 483 g/mol. The van der Waals surface area contributed by atoms with Crippen LogP contribution in [0.2, 0.25) is 0 Å². The highest BCUT2D eigenvalue weighted by Crippen LogP contribution is 2.33. The van der Waals surface area contributed by atoms with Crippen molar-refractivity contribution in [3.63, 3.8) is 0 Å². The summed E-state index contributed by atoms with van der Waals surface area (Å²) in [6.07, 6.45) is 5.30. The van der Waals surface area contributed by atoms with E-state index >= 15 is 0 Å².